The Morgan fingerprint density at radius 2 is 1.91 bits per heavy atom. The summed E-state index contributed by atoms with van der Waals surface area (Å²) in [5, 5.41) is 0.988. The zero-order chi connectivity index (χ0) is 30.5. The van der Waals surface area contributed by atoms with Gasteiger partial charge in [-0.1, -0.05) is 32.4 Å². The average molecular weight is 594 g/mol. The van der Waals surface area contributed by atoms with Gasteiger partial charge in [-0.25, -0.2) is 9.37 Å². The minimum absolute atomic E-state index is 0.0544. The summed E-state index contributed by atoms with van der Waals surface area (Å²) in [7, 11) is 0. The first-order chi connectivity index (χ1) is 21.4. The number of piperidine rings is 1. The van der Waals surface area contributed by atoms with Crippen molar-refractivity contribution in [2.75, 3.05) is 18.2 Å². The van der Waals surface area contributed by atoms with E-state index in [1.54, 1.807) is 6.07 Å². The Labute approximate surface area is 258 Å². The van der Waals surface area contributed by atoms with Crippen molar-refractivity contribution in [2.24, 2.45) is 0 Å². The van der Waals surface area contributed by atoms with Crippen molar-refractivity contribution in [3.05, 3.63) is 93.0 Å². The first-order valence-electron chi connectivity index (χ1n) is 16.1. The lowest BCUT2D eigenvalue weighted by Gasteiger charge is -2.35. The fourth-order valence-corrected chi connectivity index (χ4v) is 7.34. The molecule has 0 bridgehead atoms. The summed E-state index contributed by atoms with van der Waals surface area (Å²) in [6.07, 6.45) is 8.26. The van der Waals surface area contributed by atoms with Gasteiger partial charge in [-0.2, -0.15) is 0 Å². The maximum absolute atomic E-state index is 15.5. The highest BCUT2D eigenvalue weighted by Crippen LogP contribution is 2.42. The van der Waals surface area contributed by atoms with Crippen LogP contribution in [0.25, 0.3) is 22.3 Å². The van der Waals surface area contributed by atoms with Crippen molar-refractivity contribution >= 4 is 16.6 Å². The molecular formula is C37H40FN3O3. The lowest BCUT2D eigenvalue weighted by Crippen LogP contribution is -2.37. The van der Waals surface area contributed by atoms with Gasteiger partial charge in [0.15, 0.2) is 11.5 Å². The molecule has 1 fully saturated rings. The molecule has 2 aromatic heterocycles. The standard InChI is InChI=1S/C37H40FN3O3/c1-5-9-26-27(22(3)6-2)17-33-36-29(20-41(33)37(26)42)25(28-18-34-35(44-21-43-34)19-31(28)39-36)13-11-24-12-14-32(30(38)16-24)40-15-8-7-10-23(40)4/h6,12,14,16-19,22-23H,2,5,7-11,13,15,20-21H2,1,3-4H3. The molecular weight excluding hydrogens is 553 g/mol. The van der Waals surface area contributed by atoms with Gasteiger partial charge < -0.3 is 18.9 Å². The molecule has 7 heteroatoms. The van der Waals surface area contributed by atoms with Crippen molar-refractivity contribution < 1.29 is 13.9 Å². The van der Waals surface area contributed by atoms with E-state index in [1.807, 2.05) is 28.8 Å². The van der Waals surface area contributed by atoms with Crippen LogP contribution in [0.3, 0.4) is 0 Å². The molecule has 0 saturated carbocycles. The quantitative estimate of drug-likeness (QED) is 0.173. The Morgan fingerprint density at radius 1 is 1.09 bits per heavy atom. The molecule has 0 radical (unpaired) electrons. The van der Waals surface area contributed by atoms with Crippen molar-refractivity contribution in [1.82, 2.24) is 9.55 Å². The Hall–Kier alpha value is -4.13. The molecule has 1 saturated heterocycles. The number of anilines is 1. The molecule has 3 aliphatic heterocycles. The van der Waals surface area contributed by atoms with Crippen LogP contribution in [-0.4, -0.2) is 28.9 Å². The molecule has 0 aliphatic carbocycles. The summed E-state index contributed by atoms with van der Waals surface area (Å²) in [6.45, 7) is 11.9. The van der Waals surface area contributed by atoms with E-state index < -0.39 is 0 Å². The van der Waals surface area contributed by atoms with Crippen LogP contribution in [-0.2, 0) is 25.8 Å². The van der Waals surface area contributed by atoms with E-state index in [0.29, 0.717) is 42.6 Å². The van der Waals surface area contributed by atoms with Gasteiger partial charge in [0.05, 0.1) is 29.1 Å². The zero-order valence-electron chi connectivity index (χ0n) is 25.9. The maximum atomic E-state index is 15.5. The maximum Gasteiger partial charge on any atom is 0.254 e. The molecule has 5 heterocycles. The molecule has 3 aliphatic rings. The average Bonchev–Trinajstić information content (AvgIpc) is 3.64. The molecule has 2 aromatic carbocycles. The van der Waals surface area contributed by atoms with Crippen LogP contribution in [0.1, 0.15) is 80.2 Å². The molecule has 0 amide bonds. The minimum Gasteiger partial charge on any atom is -0.454 e. The van der Waals surface area contributed by atoms with Crippen molar-refractivity contribution in [2.45, 2.75) is 84.2 Å². The second-order valence-electron chi connectivity index (χ2n) is 12.6. The van der Waals surface area contributed by atoms with Crippen molar-refractivity contribution in [1.29, 1.82) is 0 Å². The normalized spacial score (nSPS) is 17.5. The Morgan fingerprint density at radius 3 is 2.66 bits per heavy atom. The molecule has 0 N–H and O–H groups in total. The number of rotatable bonds is 8. The zero-order valence-corrected chi connectivity index (χ0v) is 25.9. The van der Waals surface area contributed by atoms with E-state index in [1.165, 1.54) is 6.42 Å². The van der Waals surface area contributed by atoms with Crippen LogP contribution in [0.15, 0.2) is 53.8 Å². The van der Waals surface area contributed by atoms with E-state index >= 15 is 4.39 Å². The monoisotopic (exact) mass is 593 g/mol. The third kappa shape index (κ3) is 4.77. The number of fused-ring (bicyclic) bond motifs is 5. The predicted molar refractivity (Wildman–Crippen MR) is 174 cm³/mol. The number of ether oxygens (including phenoxy) is 2. The van der Waals surface area contributed by atoms with Crippen molar-refractivity contribution in [3.8, 4) is 22.9 Å². The van der Waals surface area contributed by atoms with E-state index in [0.717, 1.165) is 82.3 Å². The van der Waals surface area contributed by atoms with E-state index in [-0.39, 0.29) is 24.1 Å². The second-order valence-corrected chi connectivity index (χ2v) is 12.6. The molecule has 2 unspecified atom stereocenters. The molecule has 44 heavy (non-hydrogen) atoms. The van der Waals surface area contributed by atoms with Gasteiger partial charge >= 0.3 is 0 Å². The number of hydrogen-bond acceptors (Lipinski definition) is 5. The first-order valence-corrected chi connectivity index (χ1v) is 16.1. The van der Waals surface area contributed by atoms with Gasteiger partial charge in [0.25, 0.3) is 5.56 Å². The van der Waals surface area contributed by atoms with E-state index in [4.69, 9.17) is 14.5 Å². The molecule has 0 spiro atoms. The summed E-state index contributed by atoms with van der Waals surface area (Å²) < 4.78 is 28.8. The molecule has 6 nitrogen and oxygen atoms in total. The predicted octanol–water partition coefficient (Wildman–Crippen LogP) is 7.70. The Bertz CT molecular complexity index is 1840. The third-order valence-corrected chi connectivity index (χ3v) is 9.82. The van der Waals surface area contributed by atoms with E-state index in [9.17, 15) is 4.79 Å². The highest BCUT2D eigenvalue weighted by Gasteiger charge is 2.30. The van der Waals surface area contributed by atoms with Gasteiger partial charge in [0.2, 0.25) is 6.79 Å². The summed E-state index contributed by atoms with van der Waals surface area (Å²) in [5.41, 5.74) is 8.27. The number of nitrogens with zero attached hydrogens (tertiary/aromatic N) is 3. The lowest BCUT2D eigenvalue weighted by molar-refractivity contribution is 0.174. The first kappa shape index (κ1) is 28.6. The number of hydrogen-bond donors (Lipinski definition) is 0. The van der Waals surface area contributed by atoms with Gasteiger partial charge in [0.1, 0.15) is 5.82 Å². The van der Waals surface area contributed by atoms with Crippen LogP contribution in [0.4, 0.5) is 10.1 Å². The SMILES string of the molecule is C=CC(C)c1cc2n(c(=O)c1CCC)Cc1c-2nc2cc3c(cc2c1CCc1ccc(N2CCCCC2C)c(F)c1)OCO3. The van der Waals surface area contributed by atoms with E-state index in [2.05, 4.69) is 44.4 Å². The second kappa shape index (κ2) is 11.4. The fourth-order valence-electron chi connectivity index (χ4n) is 7.34. The van der Waals surface area contributed by atoms with Crippen LogP contribution in [0, 0.1) is 5.82 Å². The molecule has 228 valence electrons. The topological polar surface area (TPSA) is 56.6 Å². The highest BCUT2D eigenvalue weighted by molar-refractivity contribution is 5.91. The number of halogens is 1. The summed E-state index contributed by atoms with van der Waals surface area (Å²) in [4.78, 5) is 21.3. The van der Waals surface area contributed by atoms with Gasteiger partial charge in [0, 0.05) is 35.2 Å². The number of aryl methyl sites for hydroxylation is 2. The van der Waals surface area contributed by atoms with Gasteiger partial charge in [-0.3, -0.25) is 4.79 Å². The summed E-state index contributed by atoms with van der Waals surface area (Å²) >= 11 is 0. The number of pyridine rings is 2. The third-order valence-electron chi connectivity index (χ3n) is 9.82. The summed E-state index contributed by atoms with van der Waals surface area (Å²) in [6, 6.07) is 12.2. The number of aromatic nitrogens is 2. The lowest BCUT2D eigenvalue weighted by atomic mass is 9.92. The van der Waals surface area contributed by atoms with Crippen molar-refractivity contribution in [3.63, 3.8) is 0 Å². The molecule has 7 rings (SSSR count). The smallest absolute Gasteiger partial charge is 0.254 e. The number of allylic oxidation sites excluding steroid dienone is 1. The Kier molecular flexibility index (Phi) is 7.43. The largest absolute Gasteiger partial charge is 0.454 e. The number of benzene rings is 2. The van der Waals surface area contributed by atoms with Gasteiger partial charge in [-0.15, -0.1) is 6.58 Å². The summed E-state index contributed by atoms with van der Waals surface area (Å²) in [5.74, 6) is 1.27. The molecule has 2 atom stereocenters. The minimum atomic E-state index is -0.157. The fraction of sp³-hybridized carbons (Fsp3) is 0.405. The Balaban J connectivity index is 1.31. The highest BCUT2D eigenvalue weighted by atomic mass is 19.1. The molecule has 4 aromatic rings. The van der Waals surface area contributed by atoms with Gasteiger partial charge in [-0.05, 0) is 92.3 Å². The van der Waals surface area contributed by atoms with Crippen LogP contribution in [0.2, 0.25) is 0 Å². The van der Waals surface area contributed by atoms with Crippen LogP contribution in [0.5, 0.6) is 11.5 Å². The van der Waals surface area contributed by atoms with Crippen LogP contribution >= 0.6 is 0 Å². The van der Waals surface area contributed by atoms with Crippen LogP contribution < -0.4 is 19.9 Å².